The van der Waals surface area contributed by atoms with Gasteiger partial charge in [-0.2, -0.15) is 0 Å². The molecule has 2 heterocycles. The summed E-state index contributed by atoms with van der Waals surface area (Å²) in [6.45, 7) is 1.40. The number of hydrogen-bond acceptors (Lipinski definition) is 5. The number of nitrogens with zero attached hydrogens (tertiary/aromatic N) is 3. The highest BCUT2D eigenvalue weighted by Gasteiger charge is 2.14. The van der Waals surface area contributed by atoms with Gasteiger partial charge in [0.1, 0.15) is 18.3 Å². The molecule has 7 heteroatoms. The van der Waals surface area contributed by atoms with Gasteiger partial charge in [0.25, 0.3) is 11.3 Å². The predicted molar refractivity (Wildman–Crippen MR) is 53.1 cm³/mol. The smallest absolute Gasteiger partial charge is 0.323 e. The molecule has 0 saturated heterocycles. The summed E-state index contributed by atoms with van der Waals surface area (Å²) in [6, 6.07) is 0. The molecule has 1 N–H and O–H groups in total. The maximum absolute atomic E-state index is 11.9. The van der Waals surface area contributed by atoms with Crippen molar-refractivity contribution in [3.8, 4) is 0 Å². The second-order valence-electron chi connectivity index (χ2n) is 3.23. The van der Waals surface area contributed by atoms with E-state index in [1.54, 1.807) is 0 Å². The summed E-state index contributed by atoms with van der Waals surface area (Å²) >= 11 is 0. The van der Waals surface area contributed by atoms with Crippen LogP contribution in [0.25, 0.3) is 11.1 Å². The van der Waals surface area contributed by atoms with E-state index in [-0.39, 0.29) is 11.1 Å². The molecular weight excluding hydrogens is 214 g/mol. The first-order valence-electron chi connectivity index (χ1n) is 4.69. The van der Waals surface area contributed by atoms with E-state index in [0.29, 0.717) is 12.1 Å². The van der Waals surface area contributed by atoms with Crippen LogP contribution >= 0.6 is 0 Å². The Morgan fingerprint density at radius 1 is 1.62 bits per heavy atom. The minimum absolute atomic E-state index is 0.142. The second-order valence-corrected chi connectivity index (χ2v) is 3.23. The van der Waals surface area contributed by atoms with E-state index in [4.69, 9.17) is 9.63 Å². The number of carboxylic acids is 1. The van der Waals surface area contributed by atoms with Crippen LogP contribution in [-0.4, -0.2) is 25.8 Å². The molecule has 0 bridgehead atoms. The minimum atomic E-state index is -1.10. The molecule has 16 heavy (non-hydrogen) atoms. The third-order valence-corrected chi connectivity index (χ3v) is 2.17. The highest BCUT2D eigenvalue weighted by Crippen LogP contribution is 2.11. The molecule has 0 saturated carbocycles. The molecule has 84 valence electrons. The van der Waals surface area contributed by atoms with Crippen molar-refractivity contribution in [2.75, 3.05) is 0 Å². The topological polar surface area (TPSA) is 98.2 Å². The van der Waals surface area contributed by atoms with Crippen molar-refractivity contribution in [1.82, 2.24) is 14.7 Å². The van der Waals surface area contributed by atoms with Gasteiger partial charge >= 0.3 is 5.97 Å². The third kappa shape index (κ3) is 1.56. The van der Waals surface area contributed by atoms with Gasteiger partial charge in [-0.25, -0.2) is 4.98 Å². The van der Waals surface area contributed by atoms with Crippen molar-refractivity contribution >= 4 is 17.1 Å². The first kappa shape index (κ1) is 10.3. The van der Waals surface area contributed by atoms with Gasteiger partial charge in [0.05, 0.1) is 5.69 Å². The molecule has 0 spiro atoms. The lowest BCUT2D eigenvalue weighted by atomic mass is 10.2. The van der Waals surface area contributed by atoms with Crippen LogP contribution < -0.4 is 5.56 Å². The van der Waals surface area contributed by atoms with E-state index in [1.807, 2.05) is 6.92 Å². The molecule has 0 aliphatic carbocycles. The average molecular weight is 223 g/mol. The van der Waals surface area contributed by atoms with E-state index in [1.165, 1.54) is 0 Å². The van der Waals surface area contributed by atoms with Crippen LogP contribution in [0.3, 0.4) is 0 Å². The summed E-state index contributed by atoms with van der Waals surface area (Å²) in [7, 11) is 0. The molecular formula is C9H9N3O4. The Kier molecular flexibility index (Phi) is 2.43. The van der Waals surface area contributed by atoms with Gasteiger partial charge in [0.2, 0.25) is 0 Å². The molecule has 2 aromatic heterocycles. The van der Waals surface area contributed by atoms with Crippen molar-refractivity contribution < 1.29 is 14.4 Å². The maximum atomic E-state index is 11.9. The van der Waals surface area contributed by atoms with E-state index in [2.05, 4.69) is 10.1 Å². The number of carboxylic acid groups (broad SMARTS) is 1. The number of carbonyl (C=O) groups is 1. The zero-order chi connectivity index (χ0) is 11.7. The monoisotopic (exact) mass is 223 g/mol. The third-order valence-electron chi connectivity index (χ3n) is 2.17. The fraction of sp³-hybridized carbons (Fsp3) is 0.333. The molecule has 7 nitrogen and oxygen atoms in total. The van der Waals surface area contributed by atoms with Crippen LogP contribution in [0.5, 0.6) is 0 Å². The standard InChI is InChI=1S/C9H9N3O4/c1-2-5-7-8(16-11-5)10-4-12(9(7)15)3-6(13)14/h4H,2-3H2,1H3,(H,13,14). The molecule has 0 unspecified atom stereocenters. The van der Waals surface area contributed by atoms with Crippen LogP contribution in [0.2, 0.25) is 0 Å². The molecule has 0 radical (unpaired) electrons. The van der Waals surface area contributed by atoms with Gasteiger partial charge in [0, 0.05) is 0 Å². The number of fused-ring (bicyclic) bond motifs is 1. The summed E-state index contributed by atoms with van der Waals surface area (Å²) < 4.78 is 5.87. The SMILES string of the molecule is CCc1noc2ncn(CC(=O)O)c(=O)c12. The average Bonchev–Trinajstić information content (AvgIpc) is 2.65. The number of aliphatic carboxylic acids is 1. The zero-order valence-corrected chi connectivity index (χ0v) is 8.51. The normalized spacial score (nSPS) is 10.8. The van der Waals surface area contributed by atoms with Gasteiger partial charge < -0.3 is 9.63 Å². The summed E-state index contributed by atoms with van der Waals surface area (Å²) in [5.74, 6) is -1.10. The molecule has 0 fully saturated rings. The fourth-order valence-corrected chi connectivity index (χ4v) is 1.43. The number of aryl methyl sites for hydroxylation is 1. The zero-order valence-electron chi connectivity index (χ0n) is 8.51. The summed E-state index contributed by atoms with van der Waals surface area (Å²) in [5, 5.41) is 12.6. The van der Waals surface area contributed by atoms with Crippen molar-refractivity contribution in [3.05, 3.63) is 22.4 Å². The molecule has 0 atom stereocenters. The lowest BCUT2D eigenvalue weighted by molar-refractivity contribution is -0.137. The van der Waals surface area contributed by atoms with Crippen molar-refractivity contribution in [2.24, 2.45) is 0 Å². The number of aromatic nitrogens is 3. The van der Waals surface area contributed by atoms with Gasteiger partial charge in [-0.15, -0.1) is 0 Å². The van der Waals surface area contributed by atoms with E-state index >= 15 is 0 Å². The molecule has 0 aliphatic heterocycles. The first-order chi connectivity index (χ1) is 7.63. The van der Waals surface area contributed by atoms with Crippen LogP contribution in [0.4, 0.5) is 0 Å². The van der Waals surface area contributed by atoms with Crippen molar-refractivity contribution in [3.63, 3.8) is 0 Å². The highest BCUT2D eigenvalue weighted by atomic mass is 16.5. The highest BCUT2D eigenvalue weighted by molar-refractivity contribution is 5.75. The van der Waals surface area contributed by atoms with Crippen LogP contribution in [0.1, 0.15) is 12.6 Å². The van der Waals surface area contributed by atoms with E-state index in [0.717, 1.165) is 10.9 Å². The van der Waals surface area contributed by atoms with Gasteiger partial charge in [-0.05, 0) is 6.42 Å². The Morgan fingerprint density at radius 3 is 3.00 bits per heavy atom. The molecule has 0 aliphatic rings. The largest absolute Gasteiger partial charge is 0.480 e. The lowest BCUT2D eigenvalue weighted by Crippen LogP contribution is -2.24. The van der Waals surface area contributed by atoms with Crippen LogP contribution in [-0.2, 0) is 17.8 Å². The molecule has 0 aromatic carbocycles. The van der Waals surface area contributed by atoms with Crippen molar-refractivity contribution in [1.29, 1.82) is 0 Å². The maximum Gasteiger partial charge on any atom is 0.323 e. The summed E-state index contributed by atoms with van der Waals surface area (Å²) in [5.41, 5.74) is 0.196. The predicted octanol–water partition coefficient (Wildman–Crippen LogP) is 0.0315. The Balaban J connectivity index is 2.67. The van der Waals surface area contributed by atoms with Gasteiger partial charge in [-0.3, -0.25) is 14.2 Å². The molecule has 2 rings (SSSR count). The Hall–Kier alpha value is -2.18. The second kappa shape index (κ2) is 3.76. The van der Waals surface area contributed by atoms with Gasteiger partial charge in [0.15, 0.2) is 0 Å². The van der Waals surface area contributed by atoms with E-state index in [9.17, 15) is 9.59 Å². The Labute approximate surface area is 89.3 Å². The number of hydrogen-bond donors (Lipinski definition) is 1. The lowest BCUT2D eigenvalue weighted by Gasteiger charge is -1.99. The number of rotatable bonds is 3. The molecule has 0 amide bonds. The summed E-state index contributed by atoms with van der Waals surface area (Å²) in [6.07, 6.45) is 1.67. The Morgan fingerprint density at radius 2 is 2.38 bits per heavy atom. The van der Waals surface area contributed by atoms with Gasteiger partial charge in [-0.1, -0.05) is 12.1 Å². The Bertz CT molecular complexity index is 598. The van der Waals surface area contributed by atoms with E-state index < -0.39 is 18.1 Å². The minimum Gasteiger partial charge on any atom is -0.480 e. The van der Waals surface area contributed by atoms with Crippen LogP contribution in [0.15, 0.2) is 15.6 Å². The fourth-order valence-electron chi connectivity index (χ4n) is 1.43. The first-order valence-corrected chi connectivity index (χ1v) is 4.69. The van der Waals surface area contributed by atoms with Crippen LogP contribution in [0, 0.1) is 0 Å². The molecule has 2 aromatic rings. The van der Waals surface area contributed by atoms with Crippen molar-refractivity contribution in [2.45, 2.75) is 19.9 Å². The summed E-state index contributed by atoms with van der Waals surface area (Å²) in [4.78, 5) is 26.2. The quantitative estimate of drug-likeness (QED) is 0.788.